The number of hydrogen-bond acceptors (Lipinski definition) is 3. The zero-order chi connectivity index (χ0) is 19.3. The number of carbonyl (C=O) groups is 1. The van der Waals surface area contributed by atoms with Crippen LogP contribution in [0.5, 0.6) is 0 Å². The van der Waals surface area contributed by atoms with Crippen LogP contribution in [0.3, 0.4) is 0 Å². The lowest BCUT2D eigenvalue weighted by atomic mass is 10.2. The number of benzene rings is 2. The highest BCUT2D eigenvalue weighted by Gasteiger charge is 2.17. The van der Waals surface area contributed by atoms with Crippen LogP contribution in [-0.4, -0.2) is 32.8 Å². The number of nitrogens with one attached hydrogen (secondary N) is 1. The van der Waals surface area contributed by atoms with Crippen molar-refractivity contribution in [3.63, 3.8) is 0 Å². The molecular weight excluding hydrogens is 416 g/mol. The molecule has 0 atom stereocenters. The van der Waals surface area contributed by atoms with E-state index in [2.05, 4.69) is 20.7 Å². The smallest absolute Gasteiger partial charge is 0.240 e. The second-order valence-corrected chi connectivity index (χ2v) is 8.85. The summed E-state index contributed by atoms with van der Waals surface area (Å²) in [5.74, 6) is -0.121. The van der Waals surface area contributed by atoms with Crippen molar-refractivity contribution in [3.8, 4) is 0 Å². The fraction of sp³-hybridized carbons (Fsp3) is 0.316. The summed E-state index contributed by atoms with van der Waals surface area (Å²) in [7, 11) is -1.91. The van der Waals surface area contributed by atoms with E-state index in [0.29, 0.717) is 12.1 Å². The summed E-state index contributed by atoms with van der Waals surface area (Å²) in [5, 5.41) is 0. The van der Waals surface area contributed by atoms with Crippen molar-refractivity contribution in [2.24, 2.45) is 0 Å². The maximum absolute atomic E-state index is 12.4. The SMILES string of the molecule is Cc1ccc(S(=O)(=O)NCCC(=O)N(C)Cc2ccccc2Br)c(C)c1. The Hall–Kier alpha value is -1.70. The topological polar surface area (TPSA) is 66.5 Å². The Morgan fingerprint density at radius 3 is 2.50 bits per heavy atom. The molecule has 0 radical (unpaired) electrons. The third kappa shape index (κ3) is 5.40. The van der Waals surface area contributed by atoms with Crippen LogP contribution in [0.2, 0.25) is 0 Å². The van der Waals surface area contributed by atoms with Crippen molar-refractivity contribution < 1.29 is 13.2 Å². The molecule has 26 heavy (non-hydrogen) atoms. The number of nitrogens with zero attached hydrogens (tertiary/aromatic N) is 1. The molecular formula is C19H23BrN2O3S. The second-order valence-electron chi connectivity index (χ2n) is 6.26. The summed E-state index contributed by atoms with van der Waals surface area (Å²) >= 11 is 3.46. The van der Waals surface area contributed by atoms with E-state index >= 15 is 0 Å². The van der Waals surface area contributed by atoms with Gasteiger partial charge in [-0.1, -0.05) is 51.8 Å². The Morgan fingerprint density at radius 1 is 1.15 bits per heavy atom. The highest BCUT2D eigenvalue weighted by atomic mass is 79.9. The lowest BCUT2D eigenvalue weighted by molar-refractivity contribution is -0.130. The Labute approximate surface area is 163 Å². The van der Waals surface area contributed by atoms with Gasteiger partial charge < -0.3 is 4.90 Å². The Kier molecular flexibility index (Phi) is 6.97. The van der Waals surface area contributed by atoms with Crippen molar-refractivity contribution in [2.75, 3.05) is 13.6 Å². The second kappa shape index (κ2) is 8.79. The molecule has 0 bridgehead atoms. The van der Waals surface area contributed by atoms with Crippen molar-refractivity contribution in [1.82, 2.24) is 9.62 Å². The van der Waals surface area contributed by atoms with Gasteiger partial charge in [-0.2, -0.15) is 0 Å². The van der Waals surface area contributed by atoms with Gasteiger partial charge in [-0.05, 0) is 37.1 Å². The third-order valence-electron chi connectivity index (χ3n) is 4.04. The van der Waals surface area contributed by atoms with E-state index in [0.717, 1.165) is 15.6 Å². The largest absolute Gasteiger partial charge is 0.341 e. The molecule has 0 heterocycles. The van der Waals surface area contributed by atoms with Crippen LogP contribution < -0.4 is 4.72 Å². The minimum Gasteiger partial charge on any atom is -0.341 e. The number of carbonyl (C=O) groups excluding carboxylic acids is 1. The number of amides is 1. The molecule has 7 heteroatoms. The van der Waals surface area contributed by atoms with Gasteiger partial charge >= 0.3 is 0 Å². The van der Waals surface area contributed by atoms with Gasteiger partial charge in [-0.15, -0.1) is 0 Å². The Morgan fingerprint density at radius 2 is 1.85 bits per heavy atom. The predicted octanol–water partition coefficient (Wildman–Crippen LogP) is 3.39. The van der Waals surface area contributed by atoms with Crippen LogP contribution >= 0.6 is 15.9 Å². The Balaban J connectivity index is 1.92. The van der Waals surface area contributed by atoms with Gasteiger partial charge in [0.05, 0.1) is 4.90 Å². The van der Waals surface area contributed by atoms with E-state index < -0.39 is 10.0 Å². The average Bonchev–Trinajstić information content (AvgIpc) is 2.56. The number of halogens is 1. The fourth-order valence-electron chi connectivity index (χ4n) is 2.63. The fourth-order valence-corrected chi connectivity index (χ4v) is 4.30. The third-order valence-corrected chi connectivity index (χ3v) is 6.44. The van der Waals surface area contributed by atoms with Gasteiger partial charge in [-0.3, -0.25) is 4.79 Å². The van der Waals surface area contributed by atoms with Crippen LogP contribution in [-0.2, 0) is 21.4 Å². The minimum atomic E-state index is -3.62. The summed E-state index contributed by atoms with van der Waals surface area (Å²) in [4.78, 5) is 14.1. The van der Waals surface area contributed by atoms with Gasteiger partial charge in [0.1, 0.15) is 0 Å². The summed E-state index contributed by atoms with van der Waals surface area (Å²) in [6, 6.07) is 12.9. The average molecular weight is 439 g/mol. The molecule has 2 aromatic carbocycles. The monoisotopic (exact) mass is 438 g/mol. The summed E-state index contributed by atoms with van der Waals surface area (Å²) < 4.78 is 28.3. The van der Waals surface area contributed by atoms with Crippen molar-refractivity contribution in [1.29, 1.82) is 0 Å². The van der Waals surface area contributed by atoms with E-state index in [4.69, 9.17) is 0 Å². The zero-order valence-corrected chi connectivity index (χ0v) is 17.5. The molecule has 0 fully saturated rings. The highest BCUT2D eigenvalue weighted by Crippen LogP contribution is 2.18. The summed E-state index contributed by atoms with van der Waals surface area (Å²) in [6.07, 6.45) is 0.102. The number of rotatable bonds is 7. The Bertz CT molecular complexity index is 897. The van der Waals surface area contributed by atoms with E-state index in [1.165, 1.54) is 0 Å². The van der Waals surface area contributed by atoms with Crippen LogP contribution in [0.1, 0.15) is 23.1 Å². The maximum Gasteiger partial charge on any atom is 0.240 e. The molecule has 2 rings (SSSR count). The molecule has 0 saturated heterocycles. The summed E-state index contributed by atoms with van der Waals surface area (Å²) in [6.45, 7) is 4.20. The van der Waals surface area contributed by atoms with E-state index in [1.54, 1.807) is 31.0 Å². The number of hydrogen-bond donors (Lipinski definition) is 1. The lowest BCUT2D eigenvalue weighted by Crippen LogP contribution is -2.32. The zero-order valence-electron chi connectivity index (χ0n) is 15.1. The molecule has 0 spiro atoms. The molecule has 0 aliphatic heterocycles. The van der Waals surface area contributed by atoms with Crippen molar-refractivity contribution in [2.45, 2.75) is 31.7 Å². The molecule has 5 nitrogen and oxygen atoms in total. The first-order chi connectivity index (χ1) is 12.2. The lowest BCUT2D eigenvalue weighted by Gasteiger charge is -2.18. The highest BCUT2D eigenvalue weighted by molar-refractivity contribution is 9.10. The standard InChI is InChI=1S/C19H23BrN2O3S/c1-14-8-9-18(15(2)12-14)26(24,25)21-11-10-19(23)22(3)13-16-6-4-5-7-17(16)20/h4-9,12,21H,10-11,13H2,1-3H3. The van der Waals surface area contributed by atoms with Gasteiger partial charge in [0.15, 0.2) is 0 Å². The van der Waals surface area contributed by atoms with E-state index in [1.807, 2.05) is 37.3 Å². The quantitative estimate of drug-likeness (QED) is 0.719. The predicted molar refractivity (Wildman–Crippen MR) is 106 cm³/mol. The van der Waals surface area contributed by atoms with Crippen molar-refractivity contribution >= 4 is 31.9 Å². The molecule has 0 aromatic heterocycles. The van der Waals surface area contributed by atoms with Gasteiger partial charge in [0.25, 0.3) is 0 Å². The normalized spacial score (nSPS) is 11.4. The molecule has 140 valence electrons. The summed E-state index contributed by atoms with van der Waals surface area (Å²) in [5.41, 5.74) is 2.69. The van der Waals surface area contributed by atoms with Crippen LogP contribution in [0.25, 0.3) is 0 Å². The van der Waals surface area contributed by atoms with E-state index in [-0.39, 0.29) is 23.8 Å². The first kappa shape index (κ1) is 20.6. The van der Waals surface area contributed by atoms with Gasteiger partial charge in [0.2, 0.25) is 15.9 Å². The maximum atomic E-state index is 12.4. The van der Waals surface area contributed by atoms with E-state index in [9.17, 15) is 13.2 Å². The van der Waals surface area contributed by atoms with Crippen LogP contribution in [0.4, 0.5) is 0 Å². The first-order valence-electron chi connectivity index (χ1n) is 8.25. The minimum absolute atomic E-state index is 0.0643. The molecule has 1 amide bonds. The molecule has 0 aliphatic rings. The van der Waals surface area contributed by atoms with Gasteiger partial charge in [-0.25, -0.2) is 13.1 Å². The molecule has 0 saturated carbocycles. The molecule has 1 N–H and O–H groups in total. The number of aryl methyl sites for hydroxylation is 2. The van der Waals surface area contributed by atoms with Crippen LogP contribution in [0, 0.1) is 13.8 Å². The van der Waals surface area contributed by atoms with Crippen LogP contribution in [0.15, 0.2) is 51.8 Å². The van der Waals surface area contributed by atoms with Crippen molar-refractivity contribution in [3.05, 3.63) is 63.6 Å². The molecule has 2 aromatic rings. The first-order valence-corrected chi connectivity index (χ1v) is 10.5. The molecule has 0 aliphatic carbocycles. The molecule has 0 unspecified atom stereocenters. The van der Waals surface area contributed by atoms with Gasteiger partial charge in [0, 0.05) is 31.0 Å². The number of sulfonamides is 1.